The Hall–Kier alpha value is -3.25. The lowest BCUT2D eigenvalue weighted by atomic mass is 10.2. The topological polar surface area (TPSA) is 72.5 Å². The van der Waals surface area contributed by atoms with E-state index in [1.54, 1.807) is 43.6 Å². The minimum Gasteiger partial charge on any atom is -0.497 e. The fourth-order valence-corrected chi connectivity index (χ4v) is 2.85. The number of rotatable bonds is 6. The molecule has 7 heteroatoms. The van der Waals surface area contributed by atoms with Crippen LogP contribution in [0.5, 0.6) is 11.5 Å². The van der Waals surface area contributed by atoms with Gasteiger partial charge in [-0.2, -0.15) is 0 Å². The monoisotopic (exact) mass is 397 g/mol. The van der Waals surface area contributed by atoms with Gasteiger partial charge in [0.2, 0.25) is 0 Å². The summed E-state index contributed by atoms with van der Waals surface area (Å²) in [6.07, 6.45) is 1.60. The minimum atomic E-state index is -0.347. The number of hydrogen-bond acceptors (Lipinski definition) is 5. The van der Waals surface area contributed by atoms with Gasteiger partial charge in [0.15, 0.2) is 0 Å². The number of carbonyl (C=O) groups excluding carboxylic acids is 1. The first-order valence-electron chi connectivity index (χ1n) is 8.53. The van der Waals surface area contributed by atoms with E-state index in [2.05, 4.69) is 15.6 Å². The molecule has 144 valence electrons. The first kappa shape index (κ1) is 19.5. The fraction of sp³-hybridized carbons (Fsp3) is 0.143. The van der Waals surface area contributed by atoms with Crippen LogP contribution in [0.1, 0.15) is 16.1 Å². The lowest BCUT2D eigenvalue weighted by molar-refractivity contribution is 0.102. The summed E-state index contributed by atoms with van der Waals surface area (Å²) in [4.78, 5) is 16.8. The highest BCUT2D eigenvalue weighted by Crippen LogP contribution is 2.29. The Morgan fingerprint density at radius 3 is 2.46 bits per heavy atom. The van der Waals surface area contributed by atoms with E-state index in [4.69, 9.17) is 21.1 Å². The van der Waals surface area contributed by atoms with Crippen molar-refractivity contribution in [2.45, 2.75) is 6.92 Å². The number of nitrogens with one attached hydrogen (secondary N) is 2. The molecule has 1 amide bonds. The lowest BCUT2D eigenvalue weighted by Crippen LogP contribution is -2.14. The maximum absolute atomic E-state index is 12.5. The smallest absolute Gasteiger partial charge is 0.274 e. The third-order valence-electron chi connectivity index (χ3n) is 4.12. The maximum atomic E-state index is 12.5. The van der Waals surface area contributed by atoms with Crippen LogP contribution in [-0.2, 0) is 0 Å². The van der Waals surface area contributed by atoms with Crippen molar-refractivity contribution in [3.63, 3.8) is 0 Å². The van der Waals surface area contributed by atoms with Gasteiger partial charge in [0.25, 0.3) is 5.91 Å². The van der Waals surface area contributed by atoms with Crippen LogP contribution in [0.3, 0.4) is 0 Å². The predicted octanol–water partition coefficient (Wildman–Crippen LogP) is 5.06. The molecular formula is C21H20ClN3O3. The summed E-state index contributed by atoms with van der Waals surface area (Å²) in [7, 11) is 3.10. The van der Waals surface area contributed by atoms with E-state index < -0.39 is 0 Å². The molecule has 0 bridgehead atoms. The molecule has 3 rings (SSSR count). The van der Waals surface area contributed by atoms with Gasteiger partial charge in [-0.1, -0.05) is 11.6 Å². The van der Waals surface area contributed by atoms with Gasteiger partial charge in [-0.25, -0.2) is 4.98 Å². The summed E-state index contributed by atoms with van der Waals surface area (Å²) in [6, 6.07) is 14.2. The number of anilines is 3. The second kappa shape index (κ2) is 8.63. The van der Waals surface area contributed by atoms with Crippen LogP contribution in [0.25, 0.3) is 0 Å². The van der Waals surface area contributed by atoms with E-state index in [9.17, 15) is 4.79 Å². The molecule has 28 heavy (non-hydrogen) atoms. The molecule has 0 atom stereocenters. The van der Waals surface area contributed by atoms with Crippen molar-refractivity contribution in [3.8, 4) is 11.5 Å². The average molecular weight is 398 g/mol. The number of carbonyl (C=O) groups is 1. The zero-order valence-corrected chi connectivity index (χ0v) is 16.5. The average Bonchev–Trinajstić information content (AvgIpc) is 2.70. The Kier molecular flexibility index (Phi) is 6.01. The number of benzene rings is 2. The zero-order valence-electron chi connectivity index (χ0n) is 15.7. The molecule has 1 heterocycles. The SMILES string of the molecule is COc1ccc(OC)c(NC(=O)c2ccc(Nc3ccc(Cl)cc3C)cn2)c1. The van der Waals surface area contributed by atoms with Crippen molar-refractivity contribution in [2.24, 2.45) is 0 Å². The quantitative estimate of drug-likeness (QED) is 0.608. The second-order valence-electron chi connectivity index (χ2n) is 6.04. The second-order valence-corrected chi connectivity index (χ2v) is 6.47. The summed E-state index contributed by atoms with van der Waals surface area (Å²) >= 11 is 5.98. The number of pyridine rings is 1. The standard InChI is InChI=1S/C21H20ClN3O3/c1-13-10-14(22)4-7-17(13)24-15-5-8-18(23-12-15)21(26)25-19-11-16(27-2)6-9-20(19)28-3/h4-12,24H,1-3H3,(H,25,26). The van der Waals surface area contributed by atoms with E-state index in [1.165, 1.54) is 7.11 Å². The van der Waals surface area contributed by atoms with Crippen molar-refractivity contribution >= 4 is 34.6 Å². The molecule has 1 aromatic heterocycles. The van der Waals surface area contributed by atoms with Crippen molar-refractivity contribution in [2.75, 3.05) is 24.9 Å². The maximum Gasteiger partial charge on any atom is 0.274 e. The zero-order chi connectivity index (χ0) is 20.1. The van der Waals surface area contributed by atoms with Crippen molar-refractivity contribution in [1.29, 1.82) is 0 Å². The summed E-state index contributed by atoms with van der Waals surface area (Å²) in [5.74, 6) is 0.799. The van der Waals surface area contributed by atoms with Crippen molar-refractivity contribution < 1.29 is 14.3 Å². The summed E-state index contributed by atoms with van der Waals surface area (Å²) in [5.41, 5.74) is 3.49. The van der Waals surface area contributed by atoms with Crippen LogP contribution in [0.15, 0.2) is 54.7 Å². The van der Waals surface area contributed by atoms with Gasteiger partial charge in [0, 0.05) is 16.8 Å². The van der Waals surface area contributed by atoms with Crippen molar-refractivity contribution in [3.05, 3.63) is 71.0 Å². The molecule has 2 aromatic carbocycles. The number of amides is 1. The molecule has 0 fully saturated rings. The molecule has 0 saturated carbocycles. The van der Waals surface area contributed by atoms with Gasteiger partial charge < -0.3 is 20.1 Å². The lowest BCUT2D eigenvalue weighted by Gasteiger charge is -2.12. The minimum absolute atomic E-state index is 0.281. The number of halogens is 1. The highest BCUT2D eigenvalue weighted by Gasteiger charge is 2.12. The van der Waals surface area contributed by atoms with E-state index in [-0.39, 0.29) is 11.6 Å². The Balaban J connectivity index is 1.73. The van der Waals surface area contributed by atoms with Gasteiger partial charge in [0.1, 0.15) is 17.2 Å². The van der Waals surface area contributed by atoms with Crippen LogP contribution in [0.4, 0.5) is 17.1 Å². The number of hydrogen-bond donors (Lipinski definition) is 2. The Bertz CT molecular complexity index is 991. The van der Waals surface area contributed by atoms with E-state index in [0.717, 1.165) is 16.9 Å². The Morgan fingerprint density at radius 2 is 1.82 bits per heavy atom. The van der Waals surface area contributed by atoms with Gasteiger partial charge in [-0.15, -0.1) is 0 Å². The molecule has 0 aliphatic rings. The van der Waals surface area contributed by atoms with Crippen molar-refractivity contribution in [1.82, 2.24) is 4.98 Å². The summed E-state index contributed by atoms with van der Waals surface area (Å²) in [6.45, 7) is 1.96. The van der Waals surface area contributed by atoms with E-state index in [0.29, 0.717) is 22.2 Å². The normalized spacial score (nSPS) is 10.3. The summed E-state index contributed by atoms with van der Waals surface area (Å²) < 4.78 is 10.5. The van der Waals surface area contributed by atoms with E-state index in [1.807, 2.05) is 25.1 Å². The molecule has 0 radical (unpaired) electrons. The molecule has 6 nitrogen and oxygen atoms in total. The van der Waals surface area contributed by atoms with Crippen LogP contribution in [0, 0.1) is 6.92 Å². The predicted molar refractivity (Wildman–Crippen MR) is 111 cm³/mol. The fourth-order valence-electron chi connectivity index (χ4n) is 2.62. The third kappa shape index (κ3) is 4.53. The van der Waals surface area contributed by atoms with Crippen LogP contribution in [-0.4, -0.2) is 25.1 Å². The number of aromatic nitrogens is 1. The largest absolute Gasteiger partial charge is 0.497 e. The molecule has 0 aliphatic heterocycles. The Morgan fingerprint density at radius 1 is 1.00 bits per heavy atom. The molecule has 0 aliphatic carbocycles. The number of nitrogens with zero attached hydrogens (tertiary/aromatic N) is 1. The number of aryl methyl sites for hydroxylation is 1. The van der Waals surface area contributed by atoms with E-state index >= 15 is 0 Å². The van der Waals surface area contributed by atoms with Crippen LogP contribution >= 0.6 is 11.6 Å². The third-order valence-corrected chi connectivity index (χ3v) is 4.35. The molecule has 3 aromatic rings. The molecule has 2 N–H and O–H groups in total. The first-order valence-corrected chi connectivity index (χ1v) is 8.90. The van der Waals surface area contributed by atoms with Gasteiger partial charge >= 0.3 is 0 Å². The Labute approximate surface area is 168 Å². The molecule has 0 saturated heterocycles. The number of methoxy groups -OCH3 is 2. The van der Waals surface area contributed by atoms with Gasteiger partial charge in [-0.3, -0.25) is 4.79 Å². The van der Waals surface area contributed by atoms with Gasteiger partial charge in [0.05, 0.1) is 31.8 Å². The first-order chi connectivity index (χ1) is 13.5. The summed E-state index contributed by atoms with van der Waals surface area (Å²) in [5, 5.41) is 6.74. The molecule has 0 unspecified atom stereocenters. The van der Waals surface area contributed by atoms with Crippen LogP contribution in [0.2, 0.25) is 5.02 Å². The van der Waals surface area contributed by atoms with Crippen LogP contribution < -0.4 is 20.1 Å². The molecular weight excluding hydrogens is 378 g/mol. The number of ether oxygens (including phenoxy) is 2. The van der Waals surface area contributed by atoms with Gasteiger partial charge in [-0.05, 0) is 55.0 Å². The molecule has 0 spiro atoms. The highest BCUT2D eigenvalue weighted by molar-refractivity contribution is 6.30. The highest BCUT2D eigenvalue weighted by atomic mass is 35.5.